The van der Waals surface area contributed by atoms with Crippen LogP contribution >= 0.6 is 15.9 Å². The Morgan fingerprint density at radius 3 is 1.75 bits per heavy atom. The van der Waals surface area contributed by atoms with Gasteiger partial charge in [-0.1, -0.05) is 15.9 Å². The molecular formula is C2H4BrNaO3S. The molecule has 0 saturated heterocycles. The molecule has 0 aromatic rings. The second kappa shape index (κ2) is 4.24. The van der Waals surface area contributed by atoms with E-state index < -0.39 is 14.3 Å². The van der Waals surface area contributed by atoms with Crippen molar-refractivity contribution in [1.29, 1.82) is 0 Å². The van der Waals surface area contributed by atoms with Gasteiger partial charge in [0.15, 0.2) is 0 Å². The average Bonchev–Trinajstić information content (AvgIpc) is 1.31. The van der Waals surface area contributed by atoms with Crippen LogP contribution in [-0.2, 0) is 10.1 Å². The van der Waals surface area contributed by atoms with Gasteiger partial charge in [0.25, 0.3) is 0 Å². The van der Waals surface area contributed by atoms with E-state index in [-0.39, 0.29) is 29.6 Å². The minimum atomic E-state index is -4.07. The number of alkyl halides is 1. The maximum absolute atomic E-state index is 9.73. The van der Waals surface area contributed by atoms with Crippen LogP contribution in [-0.4, -0.2) is 17.1 Å². The Kier molecular flexibility index (Phi) is 6.42. The first-order chi connectivity index (χ1) is 2.94. The molecule has 1 atom stereocenters. The first-order valence-electron chi connectivity index (χ1n) is 1.53. The Morgan fingerprint density at radius 2 is 1.75 bits per heavy atom. The average molecular weight is 211 g/mol. The number of hydrogen-bond acceptors (Lipinski definition) is 3. The molecule has 0 aromatic heterocycles. The van der Waals surface area contributed by atoms with Crippen molar-refractivity contribution >= 4 is 26.0 Å². The molecule has 0 bridgehead atoms. The largest absolute Gasteiger partial charge is 1.00 e. The summed E-state index contributed by atoms with van der Waals surface area (Å²) in [5, 5.41) is 0. The van der Waals surface area contributed by atoms with Gasteiger partial charge in [-0.2, -0.15) is 0 Å². The molecule has 1 unspecified atom stereocenters. The van der Waals surface area contributed by atoms with Crippen LogP contribution in [0.3, 0.4) is 0 Å². The number of halogens is 1. The quantitative estimate of drug-likeness (QED) is 0.269. The van der Waals surface area contributed by atoms with Crippen LogP contribution in [0.4, 0.5) is 0 Å². The molecule has 0 saturated carbocycles. The minimum absolute atomic E-state index is 0. The molecule has 0 spiro atoms. The molecule has 6 heteroatoms. The third kappa shape index (κ3) is 5.53. The standard InChI is InChI=1S/C2H5BrO3S.Na/c1-2(3)7(4,5)6;/h2H,1H3,(H,4,5,6);/q;+1/p-1. The summed E-state index contributed by atoms with van der Waals surface area (Å²) >= 11 is 2.59. The fourth-order valence-electron chi connectivity index (χ4n) is 0. The van der Waals surface area contributed by atoms with E-state index >= 15 is 0 Å². The van der Waals surface area contributed by atoms with Crippen LogP contribution in [0.25, 0.3) is 0 Å². The molecule has 0 aliphatic heterocycles. The summed E-state index contributed by atoms with van der Waals surface area (Å²) in [6.45, 7) is 1.27. The van der Waals surface area contributed by atoms with Crippen LogP contribution in [0.15, 0.2) is 0 Å². The van der Waals surface area contributed by atoms with Crippen molar-refractivity contribution in [1.82, 2.24) is 0 Å². The molecule has 0 aliphatic carbocycles. The Hall–Kier alpha value is 1.39. The fraction of sp³-hybridized carbons (Fsp3) is 1.00. The maximum Gasteiger partial charge on any atom is 1.00 e. The summed E-state index contributed by atoms with van der Waals surface area (Å²) in [4.78, 5) is 0. The van der Waals surface area contributed by atoms with Gasteiger partial charge >= 0.3 is 29.6 Å². The zero-order chi connectivity index (χ0) is 6.08. The van der Waals surface area contributed by atoms with E-state index in [1.54, 1.807) is 0 Å². The van der Waals surface area contributed by atoms with Crippen molar-refractivity contribution < 1.29 is 42.5 Å². The molecule has 0 heterocycles. The first-order valence-corrected chi connectivity index (χ1v) is 3.92. The Balaban J connectivity index is 0. The van der Waals surface area contributed by atoms with Gasteiger partial charge in [-0.15, -0.1) is 0 Å². The molecule has 0 aliphatic rings. The van der Waals surface area contributed by atoms with Crippen molar-refractivity contribution in [3.05, 3.63) is 0 Å². The van der Waals surface area contributed by atoms with Crippen molar-refractivity contribution in [2.24, 2.45) is 0 Å². The summed E-state index contributed by atoms with van der Waals surface area (Å²) in [6, 6.07) is 0. The molecule has 0 amide bonds. The van der Waals surface area contributed by atoms with Crippen LogP contribution in [0, 0.1) is 0 Å². The summed E-state index contributed by atoms with van der Waals surface area (Å²) in [5.74, 6) is 0. The van der Waals surface area contributed by atoms with Crippen LogP contribution in [0.2, 0.25) is 0 Å². The van der Waals surface area contributed by atoms with Gasteiger partial charge in [0.05, 0.1) is 0 Å². The Labute approximate surface area is 79.0 Å². The van der Waals surface area contributed by atoms with E-state index in [9.17, 15) is 13.0 Å². The van der Waals surface area contributed by atoms with Gasteiger partial charge in [0.2, 0.25) is 0 Å². The Bertz CT molecular complexity index is 139. The smallest absolute Gasteiger partial charge is 0.747 e. The second-order valence-electron chi connectivity index (χ2n) is 1.04. The summed E-state index contributed by atoms with van der Waals surface area (Å²) in [6.07, 6.45) is 0. The molecule has 0 rings (SSSR count). The second-order valence-corrected chi connectivity index (χ2v) is 4.71. The SMILES string of the molecule is CC(Br)S(=O)(=O)[O-].[Na+]. The van der Waals surface area contributed by atoms with E-state index in [2.05, 4.69) is 15.9 Å². The van der Waals surface area contributed by atoms with E-state index in [0.29, 0.717) is 0 Å². The molecule has 0 aromatic carbocycles. The van der Waals surface area contributed by atoms with E-state index in [4.69, 9.17) is 0 Å². The predicted molar refractivity (Wildman–Crippen MR) is 28.1 cm³/mol. The molecule has 0 fully saturated rings. The third-order valence-electron chi connectivity index (χ3n) is 0.398. The van der Waals surface area contributed by atoms with E-state index in [1.165, 1.54) is 6.92 Å². The molecule has 8 heavy (non-hydrogen) atoms. The minimum Gasteiger partial charge on any atom is -0.747 e. The topological polar surface area (TPSA) is 57.2 Å². The predicted octanol–water partition coefficient (Wildman–Crippen LogP) is -2.72. The molecular weight excluding hydrogens is 207 g/mol. The van der Waals surface area contributed by atoms with Gasteiger partial charge in [0, 0.05) is 0 Å². The van der Waals surface area contributed by atoms with Crippen LogP contribution in [0.5, 0.6) is 0 Å². The normalized spacial score (nSPS) is 14.4. The van der Waals surface area contributed by atoms with Crippen LogP contribution < -0.4 is 29.6 Å². The Morgan fingerprint density at radius 1 is 1.62 bits per heavy atom. The summed E-state index contributed by atoms with van der Waals surface area (Å²) in [7, 11) is -4.07. The molecule has 0 radical (unpaired) electrons. The van der Waals surface area contributed by atoms with Crippen molar-refractivity contribution in [3.8, 4) is 0 Å². The van der Waals surface area contributed by atoms with Gasteiger partial charge < -0.3 is 4.55 Å². The van der Waals surface area contributed by atoms with Gasteiger partial charge in [0.1, 0.15) is 14.3 Å². The van der Waals surface area contributed by atoms with Gasteiger partial charge in [-0.3, -0.25) is 0 Å². The zero-order valence-corrected chi connectivity index (χ0v) is 8.99. The number of hydrogen-bond donors (Lipinski definition) is 0. The summed E-state index contributed by atoms with van der Waals surface area (Å²) < 4.78 is 28.2. The van der Waals surface area contributed by atoms with Crippen molar-refractivity contribution in [3.63, 3.8) is 0 Å². The molecule has 3 nitrogen and oxygen atoms in total. The van der Waals surface area contributed by atoms with Gasteiger partial charge in [-0.25, -0.2) is 8.42 Å². The molecule has 44 valence electrons. The van der Waals surface area contributed by atoms with Gasteiger partial charge in [-0.05, 0) is 6.92 Å². The molecule has 0 N–H and O–H groups in total. The van der Waals surface area contributed by atoms with Crippen molar-refractivity contribution in [2.45, 2.75) is 11.1 Å². The fourth-order valence-corrected chi connectivity index (χ4v) is 0. The van der Waals surface area contributed by atoms with E-state index in [0.717, 1.165) is 0 Å². The van der Waals surface area contributed by atoms with E-state index in [1.807, 2.05) is 0 Å². The zero-order valence-electron chi connectivity index (χ0n) is 4.59. The monoisotopic (exact) mass is 210 g/mol. The third-order valence-corrected chi connectivity index (χ3v) is 2.57. The van der Waals surface area contributed by atoms with Crippen LogP contribution in [0.1, 0.15) is 6.92 Å². The summed E-state index contributed by atoms with van der Waals surface area (Å²) in [5.41, 5.74) is 0. The van der Waals surface area contributed by atoms with Crippen molar-refractivity contribution in [2.75, 3.05) is 0 Å². The maximum atomic E-state index is 9.73. The first kappa shape index (κ1) is 12.1. The number of rotatable bonds is 1.